The van der Waals surface area contributed by atoms with Crippen LogP contribution >= 0.6 is 35.3 Å². The Morgan fingerprint density at radius 1 is 1.12 bits per heavy atom. The number of ether oxygens (including phenoxy) is 1. The minimum Gasteiger partial charge on any atom is -0.484 e. The van der Waals surface area contributed by atoms with Crippen molar-refractivity contribution in [2.45, 2.75) is 19.6 Å². The van der Waals surface area contributed by atoms with E-state index in [1.807, 2.05) is 55.5 Å². The summed E-state index contributed by atoms with van der Waals surface area (Å²) in [7, 11) is 1.69. The number of amides is 1. The molecular weight excluding hydrogens is 539 g/mol. The van der Waals surface area contributed by atoms with Crippen molar-refractivity contribution < 1.29 is 14.6 Å². The Bertz CT molecular complexity index is 1010. The number of hydrogen-bond acceptors (Lipinski definition) is 5. The van der Waals surface area contributed by atoms with Crippen LogP contribution in [-0.4, -0.2) is 43.7 Å². The number of carbonyl (C=O) groups is 1. The summed E-state index contributed by atoms with van der Waals surface area (Å²) in [6, 6.07) is 17.7. The quantitative estimate of drug-likeness (QED) is 0.180. The number of rotatable bonds is 9. The molecule has 2 aromatic carbocycles. The number of likely N-dealkylation sites (N-methyl/N-ethyl adjacent to an activating group) is 1. The lowest BCUT2D eigenvalue weighted by molar-refractivity contribution is -0.122. The number of aliphatic imine (C=N–C) groups is 1. The first-order valence-corrected chi connectivity index (χ1v) is 11.0. The molecular formula is C23H29IN4O3S. The van der Waals surface area contributed by atoms with E-state index in [2.05, 4.69) is 27.0 Å². The zero-order valence-electron chi connectivity index (χ0n) is 18.1. The first-order chi connectivity index (χ1) is 15.1. The smallest absolute Gasteiger partial charge is 0.257 e. The summed E-state index contributed by atoms with van der Waals surface area (Å²) in [5.41, 5.74) is 0.987. The highest BCUT2D eigenvalue weighted by atomic mass is 127. The molecule has 9 heteroatoms. The van der Waals surface area contributed by atoms with Crippen molar-refractivity contribution in [3.8, 4) is 5.75 Å². The number of benzene rings is 2. The van der Waals surface area contributed by atoms with Gasteiger partial charge in [-0.2, -0.15) is 0 Å². The fourth-order valence-corrected chi connectivity index (χ4v) is 4.06. The molecule has 3 rings (SSSR count). The van der Waals surface area contributed by atoms with Gasteiger partial charge < -0.3 is 25.8 Å². The molecule has 172 valence electrons. The first-order valence-electron chi connectivity index (χ1n) is 10.2. The molecule has 1 amide bonds. The summed E-state index contributed by atoms with van der Waals surface area (Å²) in [5.74, 6) is 1.08. The summed E-state index contributed by atoms with van der Waals surface area (Å²) in [6.45, 7) is 3.31. The van der Waals surface area contributed by atoms with Gasteiger partial charge in [-0.1, -0.05) is 30.3 Å². The lowest BCUT2D eigenvalue weighted by Crippen LogP contribution is -2.38. The summed E-state index contributed by atoms with van der Waals surface area (Å²) in [4.78, 5) is 16.7. The molecule has 4 N–H and O–H groups in total. The highest BCUT2D eigenvalue weighted by Crippen LogP contribution is 2.29. The number of thiophene rings is 1. The van der Waals surface area contributed by atoms with Gasteiger partial charge >= 0.3 is 0 Å². The molecule has 1 heterocycles. The Kier molecular flexibility index (Phi) is 10.7. The fraction of sp³-hybridized carbons (Fsp3) is 0.304. The monoisotopic (exact) mass is 568 g/mol. The summed E-state index contributed by atoms with van der Waals surface area (Å²) < 4.78 is 6.69. The Morgan fingerprint density at radius 2 is 1.94 bits per heavy atom. The van der Waals surface area contributed by atoms with E-state index in [1.54, 1.807) is 18.4 Å². The van der Waals surface area contributed by atoms with Gasteiger partial charge in [0.05, 0.1) is 0 Å². The third kappa shape index (κ3) is 7.64. The molecule has 0 aliphatic carbocycles. The lowest BCUT2D eigenvalue weighted by atomic mass is 10.2. The van der Waals surface area contributed by atoms with Gasteiger partial charge in [-0.3, -0.25) is 9.79 Å². The van der Waals surface area contributed by atoms with Crippen LogP contribution in [0.2, 0.25) is 0 Å². The number of aliphatic hydroxyl groups excluding tert-OH is 1. The molecule has 0 aliphatic rings. The number of guanidine groups is 1. The standard InChI is InChI=1S/C23H28N4O3S.HI/c1-3-25-22(29)15-30-18-9-6-7-16(11-18)13-26-23(24-2)27-14-19(28)21-12-17-8-4-5-10-20(17)31-21;/h4-12,19,28H,3,13-15H2,1-2H3,(H,25,29)(H2,24,26,27);1H. The molecule has 0 fully saturated rings. The van der Waals surface area contributed by atoms with E-state index in [0.717, 1.165) is 20.5 Å². The largest absolute Gasteiger partial charge is 0.484 e. The van der Waals surface area contributed by atoms with E-state index in [-0.39, 0.29) is 36.5 Å². The minimum absolute atomic E-state index is 0. The Morgan fingerprint density at radius 3 is 2.69 bits per heavy atom. The topological polar surface area (TPSA) is 95.0 Å². The van der Waals surface area contributed by atoms with Crippen LogP contribution in [0.5, 0.6) is 5.75 Å². The Balaban J connectivity index is 0.00000363. The van der Waals surface area contributed by atoms with Gasteiger partial charge in [0, 0.05) is 36.3 Å². The van der Waals surface area contributed by atoms with Crippen molar-refractivity contribution in [3.63, 3.8) is 0 Å². The van der Waals surface area contributed by atoms with Crippen molar-refractivity contribution in [2.24, 2.45) is 4.99 Å². The van der Waals surface area contributed by atoms with Crippen LogP contribution in [0.4, 0.5) is 0 Å². The van der Waals surface area contributed by atoms with Gasteiger partial charge in [-0.05, 0) is 42.1 Å². The highest BCUT2D eigenvalue weighted by Gasteiger charge is 2.12. The van der Waals surface area contributed by atoms with Crippen molar-refractivity contribution >= 4 is 57.3 Å². The van der Waals surface area contributed by atoms with Crippen LogP contribution < -0.4 is 20.7 Å². The number of hydrogen-bond donors (Lipinski definition) is 4. The number of halogens is 1. The first kappa shape index (κ1) is 25.9. The predicted octanol–water partition coefficient (Wildman–Crippen LogP) is 3.43. The van der Waals surface area contributed by atoms with Crippen LogP contribution in [-0.2, 0) is 11.3 Å². The Labute approximate surface area is 209 Å². The molecule has 0 saturated carbocycles. The average molecular weight is 568 g/mol. The maximum absolute atomic E-state index is 11.5. The van der Waals surface area contributed by atoms with Crippen LogP contribution in [0.1, 0.15) is 23.5 Å². The zero-order valence-corrected chi connectivity index (χ0v) is 21.3. The highest BCUT2D eigenvalue weighted by molar-refractivity contribution is 14.0. The SMILES string of the molecule is CCNC(=O)COc1cccc(CNC(=NC)NCC(O)c2cc3ccccc3s2)c1.I. The maximum Gasteiger partial charge on any atom is 0.257 e. The van der Waals surface area contributed by atoms with Gasteiger partial charge in [-0.15, -0.1) is 35.3 Å². The van der Waals surface area contributed by atoms with E-state index in [0.29, 0.717) is 31.3 Å². The molecule has 1 unspecified atom stereocenters. The van der Waals surface area contributed by atoms with E-state index >= 15 is 0 Å². The van der Waals surface area contributed by atoms with Gasteiger partial charge in [0.2, 0.25) is 0 Å². The van der Waals surface area contributed by atoms with E-state index in [1.165, 1.54) is 0 Å². The molecule has 1 aromatic heterocycles. The molecule has 0 spiro atoms. The number of aliphatic hydroxyl groups is 1. The molecule has 32 heavy (non-hydrogen) atoms. The van der Waals surface area contributed by atoms with Crippen LogP contribution in [0.15, 0.2) is 59.6 Å². The van der Waals surface area contributed by atoms with Crippen molar-refractivity contribution in [2.75, 3.05) is 26.7 Å². The van der Waals surface area contributed by atoms with Crippen LogP contribution in [0.3, 0.4) is 0 Å². The van der Waals surface area contributed by atoms with Gasteiger partial charge in [0.1, 0.15) is 11.9 Å². The molecule has 0 aliphatic heterocycles. The molecule has 0 saturated heterocycles. The van der Waals surface area contributed by atoms with Crippen LogP contribution in [0.25, 0.3) is 10.1 Å². The number of nitrogens with zero attached hydrogens (tertiary/aromatic N) is 1. The molecule has 3 aromatic rings. The summed E-state index contributed by atoms with van der Waals surface area (Å²) >= 11 is 1.59. The normalized spacial score (nSPS) is 12.0. The van der Waals surface area contributed by atoms with E-state index in [4.69, 9.17) is 4.74 Å². The van der Waals surface area contributed by atoms with Gasteiger partial charge in [0.25, 0.3) is 5.91 Å². The minimum atomic E-state index is -0.623. The fourth-order valence-electron chi connectivity index (χ4n) is 3.01. The third-order valence-corrected chi connectivity index (χ3v) is 5.78. The van der Waals surface area contributed by atoms with Gasteiger partial charge in [0.15, 0.2) is 12.6 Å². The Hall–Kier alpha value is -2.37. The lowest BCUT2D eigenvalue weighted by Gasteiger charge is -2.15. The van der Waals surface area contributed by atoms with Gasteiger partial charge in [-0.25, -0.2) is 0 Å². The molecule has 1 atom stereocenters. The molecule has 7 nitrogen and oxygen atoms in total. The van der Waals surface area contributed by atoms with Crippen molar-refractivity contribution in [3.05, 3.63) is 65.0 Å². The second-order valence-corrected chi connectivity index (χ2v) is 8.01. The molecule has 0 bridgehead atoms. The summed E-state index contributed by atoms with van der Waals surface area (Å²) in [6.07, 6.45) is -0.623. The number of fused-ring (bicyclic) bond motifs is 1. The zero-order chi connectivity index (χ0) is 22.1. The third-order valence-electron chi connectivity index (χ3n) is 4.56. The van der Waals surface area contributed by atoms with E-state index in [9.17, 15) is 9.90 Å². The predicted molar refractivity (Wildman–Crippen MR) is 141 cm³/mol. The van der Waals surface area contributed by atoms with Crippen LogP contribution in [0, 0.1) is 0 Å². The summed E-state index contributed by atoms with van der Waals surface area (Å²) in [5, 5.41) is 20.8. The second kappa shape index (κ2) is 13.2. The van der Waals surface area contributed by atoms with Crippen molar-refractivity contribution in [1.82, 2.24) is 16.0 Å². The average Bonchev–Trinajstić information content (AvgIpc) is 3.23. The molecule has 0 radical (unpaired) electrons. The number of nitrogens with one attached hydrogen (secondary N) is 3. The van der Waals surface area contributed by atoms with E-state index < -0.39 is 6.10 Å². The number of carbonyl (C=O) groups excluding carboxylic acids is 1. The maximum atomic E-state index is 11.5. The van der Waals surface area contributed by atoms with Crippen molar-refractivity contribution in [1.29, 1.82) is 0 Å². The second-order valence-electron chi connectivity index (χ2n) is 6.90.